The molecule has 1 saturated heterocycles. The highest BCUT2D eigenvalue weighted by Gasteiger charge is 2.37. The minimum absolute atomic E-state index is 0.139. The van der Waals surface area contributed by atoms with E-state index in [1.807, 2.05) is 17.9 Å². The van der Waals surface area contributed by atoms with E-state index in [1.54, 1.807) is 36.4 Å². The molecule has 32 heavy (non-hydrogen) atoms. The fraction of sp³-hybridized carbons (Fsp3) is 0.458. The number of nitrogens with one attached hydrogen (secondary N) is 1. The van der Waals surface area contributed by atoms with Crippen LogP contribution in [0.2, 0.25) is 0 Å². The van der Waals surface area contributed by atoms with Crippen LogP contribution in [0, 0.1) is 0 Å². The van der Waals surface area contributed by atoms with Crippen molar-refractivity contribution in [1.29, 1.82) is 0 Å². The van der Waals surface area contributed by atoms with E-state index in [9.17, 15) is 13.2 Å². The minimum Gasteiger partial charge on any atom is -0.494 e. The van der Waals surface area contributed by atoms with Crippen LogP contribution in [-0.2, 0) is 20.2 Å². The summed E-state index contributed by atoms with van der Waals surface area (Å²) in [6.07, 6.45) is 2.13. The molecule has 1 amide bonds. The maximum Gasteiger partial charge on any atom is 0.261 e. The Kier molecular flexibility index (Phi) is 6.07. The second-order valence-corrected chi connectivity index (χ2v) is 10.8. The molecular weight excluding hydrogens is 426 g/mol. The molecule has 0 spiro atoms. The summed E-state index contributed by atoms with van der Waals surface area (Å²) in [7, 11) is -3.75. The number of carbonyl (C=O) groups is 1. The smallest absolute Gasteiger partial charge is 0.261 e. The Morgan fingerprint density at radius 3 is 2.44 bits per heavy atom. The second-order valence-electron chi connectivity index (χ2n) is 9.07. The summed E-state index contributed by atoms with van der Waals surface area (Å²) in [5.74, 6) is 0.832. The molecule has 0 saturated carbocycles. The van der Waals surface area contributed by atoms with E-state index in [1.165, 1.54) is 0 Å². The topological polar surface area (TPSA) is 79.0 Å². The zero-order valence-electron chi connectivity index (χ0n) is 18.9. The van der Waals surface area contributed by atoms with E-state index in [4.69, 9.17) is 4.74 Å². The number of hydrogen-bond donors (Lipinski definition) is 1. The van der Waals surface area contributed by atoms with Gasteiger partial charge in [-0.05, 0) is 67.8 Å². The molecule has 1 fully saturated rings. The predicted octanol–water partition coefficient (Wildman–Crippen LogP) is 3.61. The maximum absolute atomic E-state index is 13.0. The molecule has 8 heteroatoms. The first kappa shape index (κ1) is 22.5. The number of benzene rings is 2. The lowest BCUT2D eigenvalue weighted by molar-refractivity contribution is -0.128. The van der Waals surface area contributed by atoms with E-state index in [0.29, 0.717) is 31.1 Å². The van der Waals surface area contributed by atoms with Crippen LogP contribution >= 0.6 is 0 Å². The van der Waals surface area contributed by atoms with Crippen LogP contribution in [0.5, 0.6) is 5.75 Å². The molecule has 1 N–H and O–H groups in total. The van der Waals surface area contributed by atoms with Gasteiger partial charge in [0, 0.05) is 36.4 Å². The standard InChI is InChI=1S/C24H31N3O4S/c1-4-31-19-9-7-18(8-10-19)25-32(29,30)20-11-12-22-21(15-20)24(2,3)17-27(22)16-23(28)26-13-5-6-14-26/h7-12,15,25H,4-6,13-14,16-17H2,1-3H3. The van der Waals surface area contributed by atoms with Crippen molar-refractivity contribution in [2.75, 3.05) is 42.4 Å². The lowest BCUT2D eigenvalue weighted by atomic mass is 9.87. The maximum atomic E-state index is 13.0. The van der Waals surface area contributed by atoms with Crippen LogP contribution in [0.1, 0.15) is 39.2 Å². The first-order chi connectivity index (χ1) is 15.2. The first-order valence-electron chi connectivity index (χ1n) is 11.1. The summed E-state index contributed by atoms with van der Waals surface area (Å²) in [6.45, 7) is 9.29. The molecule has 0 unspecified atom stereocenters. The van der Waals surface area contributed by atoms with E-state index >= 15 is 0 Å². The Balaban J connectivity index is 1.54. The van der Waals surface area contributed by atoms with Crippen LogP contribution in [0.4, 0.5) is 11.4 Å². The van der Waals surface area contributed by atoms with Gasteiger partial charge >= 0.3 is 0 Å². The number of amides is 1. The van der Waals surface area contributed by atoms with Crippen molar-refractivity contribution in [2.45, 2.75) is 43.9 Å². The van der Waals surface area contributed by atoms with Gasteiger partial charge < -0.3 is 14.5 Å². The summed E-state index contributed by atoms with van der Waals surface area (Å²) >= 11 is 0. The molecule has 0 atom stereocenters. The van der Waals surface area contributed by atoms with Crippen molar-refractivity contribution in [3.05, 3.63) is 48.0 Å². The Morgan fingerprint density at radius 2 is 1.78 bits per heavy atom. The van der Waals surface area contributed by atoms with Crippen molar-refractivity contribution in [1.82, 2.24) is 4.90 Å². The number of nitrogens with zero attached hydrogens (tertiary/aromatic N) is 2. The third-order valence-electron chi connectivity index (χ3n) is 6.14. The fourth-order valence-corrected chi connectivity index (χ4v) is 5.60. The van der Waals surface area contributed by atoms with Crippen molar-refractivity contribution in [3.8, 4) is 5.75 Å². The first-order valence-corrected chi connectivity index (χ1v) is 12.6. The molecule has 2 aromatic rings. The molecule has 0 aliphatic carbocycles. The van der Waals surface area contributed by atoms with Gasteiger partial charge in [-0.1, -0.05) is 13.8 Å². The van der Waals surface area contributed by atoms with Gasteiger partial charge in [-0.3, -0.25) is 9.52 Å². The number of sulfonamides is 1. The zero-order valence-corrected chi connectivity index (χ0v) is 19.7. The van der Waals surface area contributed by atoms with Crippen molar-refractivity contribution in [3.63, 3.8) is 0 Å². The lowest BCUT2D eigenvalue weighted by Crippen LogP contribution is -2.40. The molecule has 0 radical (unpaired) electrons. The van der Waals surface area contributed by atoms with E-state index in [-0.39, 0.29) is 16.2 Å². The molecule has 0 aromatic heterocycles. The van der Waals surface area contributed by atoms with E-state index < -0.39 is 10.0 Å². The molecule has 172 valence electrons. The molecule has 0 bridgehead atoms. The summed E-state index contributed by atoms with van der Waals surface area (Å²) in [5.41, 5.74) is 2.10. The van der Waals surface area contributed by atoms with Crippen molar-refractivity contribution < 1.29 is 17.9 Å². The van der Waals surface area contributed by atoms with Crippen LogP contribution in [0.25, 0.3) is 0 Å². The number of likely N-dealkylation sites (tertiary alicyclic amines) is 1. The SMILES string of the molecule is CCOc1ccc(NS(=O)(=O)c2ccc3c(c2)C(C)(C)CN3CC(=O)N2CCCC2)cc1. The van der Waals surface area contributed by atoms with Gasteiger partial charge in [0.25, 0.3) is 10.0 Å². The third-order valence-corrected chi connectivity index (χ3v) is 7.52. The van der Waals surface area contributed by atoms with E-state index in [2.05, 4.69) is 23.5 Å². The number of rotatable bonds is 7. The minimum atomic E-state index is -3.75. The van der Waals surface area contributed by atoms with E-state index in [0.717, 1.165) is 37.2 Å². The monoisotopic (exact) mass is 457 g/mol. The quantitative estimate of drug-likeness (QED) is 0.687. The number of fused-ring (bicyclic) bond motifs is 1. The largest absolute Gasteiger partial charge is 0.494 e. The molecule has 2 aliphatic rings. The van der Waals surface area contributed by atoms with Gasteiger partial charge in [0.2, 0.25) is 5.91 Å². The third kappa shape index (κ3) is 4.55. The second kappa shape index (κ2) is 8.65. The molecule has 2 aromatic carbocycles. The highest BCUT2D eigenvalue weighted by atomic mass is 32.2. The summed E-state index contributed by atoms with van der Waals surface area (Å²) in [5, 5.41) is 0. The number of hydrogen-bond acceptors (Lipinski definition) is 5. The fourth-order valence-electron chi connectivity index (χ4n) is 4.52. The average molecular weight is 458 g/mol. The summed E-state index contributed by atoms with van der Waals surface area (Å²) < 4.78 is 34.1. The Hall–Kier alpha value is -2.74. The molecule has 4 rings (SSSR count). The van der Waals surface area contributed by atoms with Gasteiger partial charge in [0.15, 0.2) is 0 Å². The Bertz CT molecular complexity index is 1090. The molecule has 2 aliphatic heterocycles. The Labute approximate surface area is 190 Å². The highest BCUT2D eigenvalue weighted by Crippen LogP contribution is 2.41. The van der Waals surface area contributed by atoms with Gasteiger partial charge in [-0.25, -0.2) is 8.42 Å². The van der Waals surface area contributed by atoms with Gasteiger partial charge in [0.1, 0.15) is 5.75 Å². The van der Waals surface area contributed by atoms with Gasteiger partial charge in [0.05, 0.1) is 18.0 Å². The molecule has 2 heterocycles. The van der Waals surface area contributed by atoms with Crippen LogP contribution in [0.15, 0.2) is 47.4 Å². The normalized spacial score (nSPS) is 17.3. The van der Waals surface area contributed by atoms with Crippen LogP contribution < -0.4 is 14.4 Å². The van der Waals surface area contributed by atoms with Crippen LogP contribution in [0.3, 0.4) is 0 Å². The number of carbonyl (C=O) groups excluding carboxylic acids is 1. The lowest BCUT2D eigenvalue weighted by Gasteiger charge is -2.24. The van der Waals surface area contributed by atoms with Gasteiger partial charge in [-0.2, -0.15) is 0 Å². The summed E-state index contributed by atoms with van der Waals surface area (Å²) in [4.78, 5) is 16.9. The zero-order chi connectivity index (χ0) is 22.9. The number of ether oxygens (including phenoxy) is 1. The van der Waals surface area contributed by atoms with Crippen molar-refractivity contribution in [2.24, 2.45) is 0 Å². The highest BCUT2D eigenvalue weighted by molar-refractivity contribution is 7.92. The predicted molar refractivity (Wildman–Crippen MR) is 126 cm³/mol. The average Bonchev–Trinajstić information content (AvgIpc) is 3.36. The van der Waals surface area contributed by atoms with Crippen molar-refractivity contribution >= 4 is 27.3 Å². The number of anilines is 2. The molecule has 7 nitrogen and oxygen atoms in total. The summed E-state index contributed by atoms with van der Waals surface area (Å²) in [6, 6.07) is 12.0. The van der Waals surface area contributed by atoms with Gasteiger partial charge in [-0.15, -0.1) is 0 Å². The Morgan fingerprint density at radius 1 is 1.09 bits per heavy atom. The van der Waals surface area contributed by atoms with Crippen LogP contribution in [-0.4, -0.2) is 52.0 Å². The molecular formula is C24H31N3O4S.